The first-order valence-electron chi connectivity index (χ1n) is 9.53. The Hall–Kier alpha value is -2.44. The summed E-state index contributed by atoms with van der Waals surface area (Å²) >= 11 is 0. The first-order chi connectivity index (χ1) is 13.5. The Morgan fingerprint density at radius 1 is 1.25 bits per heavy atom. The molecule has 0 N–H and O–H groups in total. The molecule has 5 nitrogen and oxygen atoms in total. The smallest absolute Gasteiger partial charge is 0.249 e. The number of fused-ring (bicyclic) bond motifs is 1. The average Bonchev–Trinajstić information content (AvgIpc) is 2.72. The number of carbonyl (C=O) groups is 1. The van der Waals surface area contributed by atoms with Crippen molar-refractivity contribution in [1.82, 2.24) is 9.80 Å². The van der Waals surface area contributed by atoms with Gasteiger partial charge >= 0.3 is 0 Å². The number of nitrogens with zero attached hydrogens (tertiary/aromatic N) is 2. The SMILES string of the molecule is COc1ccc(CN2CC[C@]3(c4ccccc4)[C@@H](C2)OCC(=O)N3C)cc1F. The third-order valence-electron chi connectivity index (χ3n) is 6.04. The highest BCUT2D eigenvalue weighted by atomic mass is 19.1. The van der Waals surface area contributed by atoms with E-state index in [2.05, 4.69) is 17.0 Å². The van der Waals surface area contributed by atoms with Gasteiger partial charge in [0.05, 0.1) is 18.8 Å². The van der Waals surface area contributed by atoms with Gasteiger partial charge in [-0.15, -0.1) is 0 Å². The standard InChI is InChI=1S/C22H25FN2O3/c1-24-21(26)15-28-20-14-25(13-16-8-9-19(27-2)18(23)12-16)11-10-22(20,24)17-6-4-3-5-7-17/h3-9,12,20H,10-11,13-15H2,1-2H3/t20-,22+/m1/s1. The minimum Gasteiger partial charge on any atom is -0.494 e. The number of halogens is 1. The second-order valence-corrected chi connectivity index (χ2v) is 7.50. The highest BCUT2D eigenvalue weighted by molar-refractivity contribution is 5.79. The molecular weight excluding hydrogens is 359 g/mol. The van der Waals surface area contributed by atoms with Crippen LogP contribution < -0.4 is 4.74 Å². The largest absolute Gasteiger partial charge is 0.494 e. The topological polar surface area (TPSA) is 42.0 Å². The van der Waals surface area contributed by atoms with E-state index < -0.39 is 5.54 Å². The number of likely N-dealkylation sites (tertiary alicyclic amines) is 1. The number of rotatable bonds is 4. The van der Waals surface area contributed by atoms with Gasteiger partial charge < -0.3 is 14.4 Å². The van der Waals surface area contributed by atoms with Crippen LogP contribution in [0.5, 0.6) is 5.75 Å². The summed E-state index contributed by atoms with van der Waals surface area (Å²) in [6, 6.07) is 15.2. The van der Waals surface area contributed by atoms with Gasteiger partial charge in [0.2, 0.25) is 5.91 Å². The fourth-order valence-electron chi connectivity index (χ4n) is 4.49. The van der Waals surface area contributed by atoms with Gasteiger partial charge in [0.25, 0.3) is 0 Å². The second kappa shape index (κ2) is 7.53. The maximum Gasteiger partial charge on any atom is 0.249 e. The van der Waals surface area contributed by atoms with Crippen molar-refractivity contribution in [2.45, 2.75) is 24.6 Å². The summed E-state index contributed by atoms with van der Waals surface area (Å²) in [7, 11) is 3.34. The number of methoxy groups -OCH3 is 1. The first kappa shape index (κ1) is 18.9. The predicted molar refractivity (Wildman–Crippen MR) is 103 cm³/mol. The van der Waals surface area contributed by atoms with Crippen LogP contribution in [0.4, 0.5) is 4.39 Å². The Balaban J connectivity index is 1.57. The molecule has 0 aromatic heterocycles. The minimum absolute atomic E-state index is 0.00535. The Labute approximate surface area is 164 Å². The maximum absolute atomic E-state index is 14.0. The van der Waals surface area contributed by atoms with Gasteiger partial charge in [0.15, 0.2) is 11.6 Å². The number of hydrogen-bond acceptors (Lipinski definition) is 4. The molecule has 1 amide bonds. The fraction of sp³-hybridized carbons (Fsp3) is 0.409. The molecular formula is C22H25FN2O3. The molecule has 0 radical (unpaired) electrons. The molecule has 0 bridgehead atoms. The molecule has 28 heavy (non-hydrogen) atoms. The molecule has 0 unspecified atom stereocenters. The van der Waals surface area contributed by atoms with Crippen molar-refractivity contribution in [2.24, 2.45) is 0 Å². The van der Waals surface area contributed by atoms with Crippen molar-refractivity contribution in [2.75, 3.05) is 33.9 Å². The lowest BCUT2D eigenvalue weighted by atomic mass is 9.76. The summed E-state index contributed by atoms with van der Waals surface area (Å²) in [5.74, 6) is -0.0955. The zero-order valence-electron chi connectivity index (χ0n) is 16.2. The molecule has 2 aliphatic heterocycles. The lowest BCUT2D eigenvalue weighted by Crippen LogP contribution is -2.66. The van der Waals surface area contributed by atoms with Crippen molar-refractivity contribution in [3.63, 3.8) is 0 Å². The monoisotopic (exact) mass is 384 g/mol. The molecule has 2 aromatic carbocycles. The maximum atomic E-state index is 14.0. The van der Waals surface area contributed by atoms with Gasteiger partial charge in [0, 0.05) is 26.7 Å². The van der Waals surface area contributed by atoms with Gasteiger partial charge in [-0.05, 0) is 29.7 Å². The summed E-state index contributed by atoms with van der Waals surface area (Å²) in [4.78, 5) is 16.6. The van der Waals surface area contributed by atoms with E-state index in [-0.39, 0.29) is 30.2 Å². The molecule has 2 fully saturated rings. The highest BCUT2D eigenvalue weighted by Crippen LogP contribution is 2.42. The van der Waals surface area contributed by atoms with E-state index in [0.29, 0.717) is 13.1 Å². The number of hydrogen-bond donors (Lipinski definition) is 0. The quantitative estimate of drug-likeness (QED) is 0.813. The summed E-state index contributed by atoms with van der Waals surface area (Å²) in [6.07, 6.45) is 0.636. The molecule has 0 saturated carbocycles. The third kappa shape index (κ3) is 3.16. The van der Waals surface area contributed by atoms with Crippen LogP contribution in [-0.4, -0.2) is 55.7 Å². The summed E-state index contributed by atoms with van der Waals surface area (Å²) < 4.78 is 25.1. The van der Waals surface area contributed by atoms with Gasteiger partial charge in [-0.3, -0.25) is 9.69 Å². The average molecular weight is 384 g/mol. The third-order valence-corrected chi connectivity index (χ3v) is 6.04. The Morgan fingerprint density at radius 2 is 2.04 bits per heavy atom. The van der Waals surface area contributed by atoms with E-state index in [1.54, 1.807) is 6.07 Å². The summed E-state index contributed by atoms with van der Waals surface area (Å²) in [5, 5.41) is 0. The molecule has 2 saturated heterocycles. The molecule has 6 heteroatoms. The molecule has 2 aromatic rings. The minimum atomic E-state index is -0.460. The predicted octanol–water partition coefficient (Wildman–Crippen LogP) is 2.79. The van der Waals surface area contributed by atoms with Crippen molar-refractivity contribution >= 4 is 5.91 Å². The number of likely N-dealkylation sites (N-methyl/N-ethyl adjacent to an activating group) is 1. The number of ether oxygens (including phenoxy) is 2. The molecule has 0 spiro atoms. The number of carbonyl (C=O) groups excluding carboxylic acids is 1. The molecule has 2 aliphatic rings. The zero-order valence-corrected chi connectivity index (χ0v) is 16.2. The van der Waals surface area contributed by atoms with Gasteiger partial charge in [-0.25, -0.2) is 4.39 Å². The molecule has 0 aliphatic carbocycles. The van der Waals surface area contributed by atoms with Crippen molar-refractivity contribution in [3.8, 4) is 5.75 Å². The van der Waals surface area contributed by atoms with Crippen molar-refractivity contribution in [1.29, 1.82) is 0 Å². The number of morpholine rings is 1. The lowest BCUT2D eigenvalue weighted by molar-refractivity contribution is -0.183. The Morgan fingerprint density at radius 3 is 2.75 bits per heavy atom. The van der Waals surface area contributed by atoms with E-state index in [1.807, 2.05) is 36.2 Å². The fourth-order valence-corrected chi connectivity index (χ4v) is 4.49. The summed E-state index contributed by atoms with van der Waals surface area (Å²) in [6.45, 7) is 2.20. The van der Waals surface area contributed by atoms with Crippen LogP contribution in [0.15, 0.2) is 48.5 Å². The highest BCUT2D eigenvalue weighted by Gasteiger charge is 2.52. The normalized spacial score (nSPS) is 25.5. The van der Waals surface area contributed by atoms with E-state index in [1.165, 1.54) is 13.2 Å². The van der Waals surface area contributed by atoms with Crippen LogP contribution in [0, 0.1) is 5.82 Å². The van der Waals surface area contributed by atoms with Crippen LogP contribution in [0.1, 0.15) is 17.5 Å². The van der Waals surface area contributed by atoms with E-state index >= 15 is 0 Å². The van der Waals surface area contributed by atoms with Crippen LogP contribution in [0.3, 0.4) is 0 Å². The lowest BCUT2D eigenvalue weighted by Gasteiger charge is -2.55. The molecule has 4 rings (SSSR count). The van der Waals surface area contributed by atoms with Gasteiger partial charge in [0.1, 0.15) is 6.61 Å². The van der Waals surface area contributed by atoms with Gasteiger partial charge in [-0.2, -0.15) is 0 Å². The van der Waals surface area contributed by atoms with Crippen LogP contribution in [0.2, 0.25) is 0 Å². The van der Waals surface area contributed by atoms with Crippen LogP contribution >= 0.6 is 0 Å². The molecule has 148 valence electrons. The molecule has 2 heterocycles. The van der Waals surface area contributed by atoms with Crippen LogP contribution in [-0.2, 0) is 21.6 Å². The Kier molecular flexibility index (Phi) is 5.08. The number of piperidine rings is 1. The summed E-state index contributed by atoms with van der Waals surface area (Å²) in [5.41, 5.74) is 1.54. The van der Waals surface area contributed by atoms with Crippen LogP contribution in [0.25, 0.3) is 0 Å². The zero-order chi connectivity index (χ0) is 19.7. The van der Waals surface area contributed by atoms with E-state index in [4.69, 9.17) is 9.47 Å². The number of benzene rings is 2. The second-order valence-electron chi connectivity index (χ2n) is 7.50. The Bertz CT molecular complexity index is 860. The van der Waals surface area contributed by atoms with E-state index in [9.17, 15) is 9.18 Å². The van der Waals surface area contributed by atoms with Gasteiger partial charge in [-0.1, -0.05) is 36.4 Å². The molecule has 2 atom stereocenters. The number of amides is 1. The van der Waals surface area contributed by atoms with E-state index in [0.717, 1.165) is 24.1 Å². The van der Waals surface area contributed by atoms with Crippen molar-refractivity contribution in [3.05, 3.63) is 65.5 Å². The first-order valence-corrected chi connectivity index (χ1v) is 9.53. The van der Waals surface area contributed by atoms with Crippen molar-refractivity contribution < 1.29 is 18.7 Å².